The topological polar surface area (TPSA) is 134 Å². The number of aromatic nitrogens is 4. The van der Waals surface area contributed by atoms with Crippen LogP contribution in [0.25, 0.3) is 0 Å². The molecular weight excluding hydrogens is 453 g/mol. The third-order valence-corrected chi connectivity index (χ3v) is 5.91. The summed E-state index contributed by atoms with van der Waals surface area (Å²) in [5.41, 5.74) is 4.28. The molecule has 1 fully saturated rings. The smallest absolute Gasteiger partial charge is 0.378 e. The van der Waals surface area contributed by atoms with Gasteiger partial charge in [-0.2, -0.15) is 23.3 Å². The molecule has 3 rings (SSSR count). The maximum Gasteiger partial charge on any atom is 0.421 e. The number of aliphatic hydroxyl groups excluding tert-OH is 1. The van der Waals surface area contributed by atoms with E-state index >= 15 is 0 Å². The van der Waals surface area contributed by atoms with Gasteiger partial charge in [0, 0.05) is 25.8 Å². The summed E-state index contributed by atoms with van der Waals surface area (Å²) in [4.78, 5) is 21.5. The van der Waals surface area contributed by atoms with E-state index in [4.69, 9.17) is 5.73 Å². The zero-order valence-electron chi connectivity index (χ0n) is 19.5. The number of aryl methyl sites for hydroxylation is 1. The van der Waals surface area contributed by atoms with Gasteiger partial charge in [0.15, 0.2) is 0 Å². The molecule has 2 aromatic rings. The quantitative estimate of drug-likeness (QED) is 0.399. The molecule has 0 saturated carbocycles. The third kappa shape index (κ3) is 5.95. The number of rotatable bonds is 9. The standard InChI is InChI=1S/C21H31F3N8O2/c1-13-15(12-32(30-13)20(2,3)18(25)34)28-19-27-11-14(21(22,23)24)17(29-19)26-8-6-10-31-9-5-4-7-16(31)33/h11-12,16,33H,4-10H2,1-3H3,(H2,25,34)(H2,26,27,28,29). The second-order valence-corrected chi connectivity index (χ2v) is 8.87. The summed E-state index contributed by atoms with van der Waals surface area (Å²) in [6.07, 6.45) is 0.330. The van der Waals surface area contributed by atoms with Crippen molar-refractivity contribution in [3.63, 3.8) is 0 Å². The van der Waals surface area contributed by atoms with Gasteiger partial charge in [0.1, 0.15) is 23.1 Å². The largest absolute Gasteiger partial charge is 0.421 e. The summed E-state index contributed by atoms with van der Waals surface area (Å²) in [6, 6.07) is 0. The number of anilines is 3. The third-order valence-electron chi connectivity index (χ3n) is 5.91. The average molecular weight is 485 g/mol. The minimum absolute atomic E-state index is 0.0542. The number of primary amides is 1. The van der Waals surface area contributed by atoms with E-state index in [0.29, 0.717) is 30.8 Å². The highest BCUT2D eigenvalue weighted by Crippen LogP contribution is 2.34. The normalized spacial score (nSPS) is 17.6. The molecule has 5 N–H and O–H groups in total. The maximum atomic E-state index is 13.5. The second-order valence-electron chi connectivity index (χ2n) is 8.87. The number of hydrogen-bond donors (Lipinski definition) is 4. The molecular formula is C21H31F3N8O2. The van der Waals surface area contributed by atoms with Crippen molar-refractivity contribution in [2.75, 3.05) is 30.3 Å². The number of halogens is 3. The molecule has 0 bridgehead atoms. The van der Waals surface area contributed by atoms with Gasteiger partial charge in [0.2, 0.25) is 11.9 Å². The van der Waals surface area contributed by atoms with Crippen molar-refractivity contribution in [3.05, 3.63) is 23.7 Å². The molecule has 1 atom stereocenters. The Morgan fingerprint density at radius 2 is 2.06 bits per heavy atom. The molecule has 34 heavy (non-hydrogen) atoms. The van der Waals surface area contributed by atoms with E-state index in [2.05, 4.69) is 25.7 Å². The minimum Gasteiger partial charge on any atom is -0.378 e. The summed E-state index contributed by atoms with van der Waals surface area (Å²) in [5, 5.41) is 19.9. The number of carbonyl (C=O) groups is 1. The van der Waals surface area contributed by atoms with E-state index in [-0.39, 0.29) is 18.3 Å². The molecule has 1 aliphatic rings. The second kappa shape index (κ2) is 10.1. The van der Waals surface area contributed by atoms with E-state index < -0.39 is 29.4 Å². The molecule has 1 amide bonds. The highest BCUT2D eigenvalue weighted by atomic mass is 19.4. The molecule has 1 saturated heterocycles. The highest BCUT2D eigenvalue weighted by molar-refractivity contribution is 5.81. The lowest BCUT2D eigenvalue weighted by Gasteiger charge is -2.31. The Morgan fingerprint density at radius 3 is 2.71 bits per heavy atom. The number of likely N-dealkylation sites (tertiary alicyclic amines) is 1. The van der Waals surface area contributed by atoms with Crippen molar-refractivity contribution >= 4 is 23.4 Å². The number of alkyl halides is 3. The molecule has 188 valence electrons. The molecule has 10 nitrogen and oxygen atoms in total. The molecule has 3 heterocycles. The monoisotopic (exact) mass is 484 g/mol. The van der Waals surface area contributed by atoms with Crippen LogP contribution in [0.4, 0.5) is 30.6 Å². The number of nitrogens with two attached hydrogens (primary N) is 1. The van der Waals surface area contributed by atoms with Crippen LogP contribution < -0.4 is 16.4 Å². The van der Waals surface area contributed by atoms with Crippen LogP contribution >= 0.6 is 0 Å². The Hall–Kier alpha value is -2.93. The molecule has 13 heteroatoms. The summed E-state index contributed by atoms with van der Waals surface area (Å²) in [5.74, 6) is -0.982. The van der Waals surface area contributed by atoms with Crippen LogP contribution in [0.5, 0.6) is 0 Å². The zero-order valence-corrected chi connectivity index (χ0v) is 19.5. The number of amides is 1. The van der Waals surface area contributed by atoms with E-state index in [0.717, 1.165) is 25.6 Å². The van der Waals surface area contributed by atoms with Crippen molar-refractivity contribution < 1.29 is 23.1 Å². The predicted molar refractivity (Wildman–Crippen MR) is 120 cm³/mol. The van der Waals surface area contributed by atoms with Gasteiger partial charge in [-0.25, -0.2) is 4.98 Å². The van der Waals surface area contributed by atoms with Crippen LogP contribution in [-0.2, 0) is 16.5 Å². The van der Waals surface area contributed by atoms with E-state index in [1.165, 1.54) is 10.9 Å². The average Bonchev–Trinajstić information content (AvgIpc) is 3.12. The molecule has 1 aliphatic heterocycles. The first kappa shape index (κ1) is 25.7. The zero-order chi connectivity index (χ0) is 25.1. The maximum absolute atomic E-state index is 13.5. The van der Waals surface area contributed by atoms with Crippen LogP contribution in [-0.4, -0.2) is 61.5 Å². The molecule has 0 aliphatic carbocycles. The lowest BCUT2D eigenvalue weighted by atomic mass is 10.1. The van der Waals surface area contributed by atoms with Crippen LogP contribution in [0.3, 0.4) is 0 Å². The highest BCUT2D eigenvalue weighted by Gasteiger charge is 2.35. The molecule has 1 unspecified atom stereocenters. The summed E-state index contributed by atoms with van der Waals surface area (Å²) >= 11 is 0. The van der Waals surface area contributed by atoms with Crippen molar-refractivity contribution in [2.45, 2.75) is 64.4 Å². The van der Waals surface area contributed by atoms with Gasteiger partial charge in [-0.15, -0.1) is 0 Å². The SMILES string of the molecule is Cc1nn(C(C)(C)C(N)=O)cc1Nc1ncc(C(F)(F)F)c(NCCCN2CCCCC2O)n1. The number of nitrogens with one attached hydrogen (secondary N) is 2. The Kier molecular flexibility index (Phi) is 7.66. The van der Waals surface area contributed by atoms with Gasteiger partial charge in [-0.3, -0.25) is 14.4 Å². The Labute approximate surface area is 195 Å². The Bertz CT molecular complexity index is 1010. The summed E-state index contributed by atoms with van der Waals surface area (Å²) in [7, 11) is 0. The predicted octanol–water partition coefficient (Wildman–Crippen LogP) is 2.57. The van der Waals surface area contributed by atoms with E-state index in [1.807, 2.05) is 4.90 Å². The fourth-order valence-corrected chi connectivity index (χ4v) is 3.61. The first-order valence-electron chi connectivity index (χ1n) is 11.1. The minimum atomic E-state index is -4.63. The molecule has 0 spiro atoms. The van der Waals surface area contributed by atoms with E-state index in [1.54, 1.807) is 20.8 Å². The number of hydrogen-bond acceptors (Lipinski definition) is 8. The first-order valence-corrected chi connectivity index (χ1v) is 11.1. The number of nitrogens with zero attached hydrogens (tertiary/aromatic N) is 5. The summed E-state index contributed by atoms with van der Waals surface area (Å²) in [6.45, 7) is 6.47. The van der Waals surface area contributed by atoms with Crippen molar-refractivity contribution in [2.24, 2.45) is 5.73 Å². The van der Waals surface area contributed by atoms with Crippen LogP contribution in [0.1, 0.15) is 50.8 Å². The lowest BCUT2D eigenvalue weighted by molar-refractivity contribution is -0.137. The van der Waals surface area contributed by atoms with Crippen LogP contribution in [0.15, 0.2) is 12.4 Å². The molecule has 0 aromatic carbocycles. The van der Waals surface area contributed by atoms with Crippen LogP contribution in [0, 0.1) is 6.92 Å². The van der Waals surface area contributed by atoms with Crippen molar-refractivity contribution in [1.29, 1.82) is 0 Å². The van der Waals surface area contributed by atoms with Gasteiger partial charge < -0.3 is 21.5 Å². The van der Waals surface area contributed by atoms with Gasteiger partial charge >= 0.3 is 6.18 Å². The lowest BCUT2D eigenvalue weighted by Crippen LogP contribution is -2.41. The number of carbonyl (C=O) groups excluding carboxylic acids is 1. The molecule has 2 aromatic heterocycles. The fourth-order valence-electron chi connectivity index (χ4n) is 3.61. The van der Waals surface area contributed by atoms with Gasteiger partial charge in [-0.1, -0.05) is 0 Å². The fraction of sp³-hybridized carbons (Fsp3) is 0.619. The molecule has 0 radical (unpaired) electrons. The van der Waals surface area contributed by atoms with Gasteiger partial charge in [-0.05, 0) is 46.5 Å². The van der Waals surface area contributed by atoms with Crippen LogP contribution in [0.2, 0.25) is 0 Å². The Morgan fingerprint density at radius 1 is 1.32 bits per heavy atom. The van der Waals surface area contributed by atoms with Gasteiger partial charge in [0.25, 0.3) is 0 Å². The van der Waals surface area contributed by atoms with E-state index in [9.17, 15) is 23.1 Å². The number of aliphatic hydroxyl groups is 1. The first-order chi connectivity index (χ1) is 15.9. The summed E-state index contributed by atoms with van der Waals surface area (Å²) < 4.78 is 41.9. The Balaban J connectivity index is 1.73. The van der Waals surface area contributed by atoms with Gasteiger partial charge in [0.05, 0.1) is 17.6 Å². The number of piperidine rings is 1. The van der Waals surface area contributed by atoms with Crippen molar-refractivity contribution in [1.82, 2.24) is 24.6 Å². The van der Waals surface area contributed by atoms with Crippen molar-refractivity contribution in [3.8, 4) is 0 Å².